The molecule has 0 heterocycles. The van der Waals surface area contributed by atoms with Gasteiger partial charge in [0.15, 0.2) is 4.58 Å². The fourth-order valence-electron chi connectivity index (χ4n) is 1.77. The Hall–Kier alpha value is -0.570. The van der Waals surface area contributed by atoms with Gasteiger partial charge in [-0.1, -0.05) is 22.9 Å². The van der Waals surface area contributed by atoms with E-state index in [1.807, 2.05) is 0 Å². The summed E-state index contributed by atoms with van der Waals surface area (Å²) in [7, 11) is -13.4. The van der Waals surface area contributed by atoms with E-state index >= 15 is 0 Å². The molecule has 0 saturated heterocycles. The van der Waals surface area contributed by atoms with Crippen molar-refractivity contribution >= 4 is 41.6 Å². The Morgan fingerprint density at radius 2 is 1.32 bits per heavy atom. The molecular weight excluding hydrogens is 474 g/mol. The van der Waals surface area contributed by atoms with Crippen LogP contribution in [0.15, 0.2) is 0 Å². The molecule has 150 valence electrons. The van der Waals surface area contributed by atoms with Crippen LogP contribution in [0.5, 0.6) is 0 Å². The van der Waals surface area contributed by atoms with E-state index in [-0.39, 0.29) is 6.42 Å². The Balaban J connectivity index is 5.94. The van der Waals surface area contributed by atoms with E-state index < -0.39 is 64.8 Å². The van der Waals surface area contributed by atoms with E-state index in [2.05, 4.69) is 15.9 Å². The molecule has 0 aliphatic rings. The Bertz CT molecular complexity index is 640. The number of sulfone groups is 2. The van der Waals surface area contributed by atoms with Crippen LogP contribution in [0, 0.1) is 5.92 Å². The molecule has 15 heteroatoms. The van der Waals surface area contributed by atoms with Crippen LogP contribution in [-0.2, 0) is 24.5 Å². The smallest absolute Gasteiger partial charge is 0.481 e. The molecule has 0 amide bonds. The predicted molar refractivity (Wildman–Crippen MR) is 77.1 cm³/mol. The first-order valence-corrected chi connectivity index (χ1v) is 10.4. The summed E-state index contributed by atoms with van der Waals surface area (Å²) in [6.45, 7) is 1.37. The second-order valence-electron chi connectivity index (χ2n) is 4.92. The molecule has 0 aliphatic heterocycles. The van der Waals surface area contributed by atoms with Crippen molar-refractivity contribution < 1.29 is 53.1 Å². The maximum atomic E-state index is 12.6. The molecule has 25 heavy (non-hydrogen) atoms. The summed E-state index contributed by atoms with van der Waals surface area (Å²) >= 11 is 2.58. The van der Waals surface area contributed by atoms with Crippen LogP contribution >= 0.6 is 15.9 Å². The van der Waals surface area contributed by atoms with Gasteiger partial charge in [-0.3, -0.25) is 4.79 Å². The highest BCUT2D eigenvalue weighted by Crippen LogP contribution is 2.39. The number of carbonyl (C=O) groups is 1. The number of hydrogen-bond donors (Lipinski definition) is 1. The highest BCUT2D eigenvalue weighted by atomic mass is 79.9. The largest absolute Gasteiger partial charge is 0.498 e. The minimum absolute atomic E-state index is 0.0554. The monoisotopic (exact) mass is 486 g/mol. The molecule has 0 fully saturated rings. The van der Waals surface area contributed by atoms with Crippen molar-refractivity contribution in [1.82, 2.24) is 0 Å². The van der Waals surface area contributed by atoms with Gasteiger partial charge in [0.1, 0.15) is 0 Å². The van der Waals surface area contributed by atoms with Gasteiger partial charge in [0.25, 0.3) is 19.7 Å². The highest BCUT2D eigenvalue weighted by molar-refractivity contribution is 9.09. The van der Waals surface area contributed by atoms with Gasteiger partial charge < -0.3 is 5.11 Å². The minimum Gasteiger partial charge on any atom is -0.481 e. The lowest BCUT2D eigenvalue weighted by Gasteiger charge is -2.23. The lowest BCUT2D eigenvalue weighted by atomic mass is 10.00. The van der Waals surface area contributed by atoms with Crippen molar-refractivity contribution in [3.63, 3.8) is 0 Å². The first-order chi connectivity index (χ1) is 10.9. The molecule has 0 saturated carbocycles. The first kappa shape index (κ1) is 24.4. The number of halogens is 7. The van der Waals surface area contributed by atoms with Gasteiger partial charge in [-0.2, -0.15) is 26.3 Å². The standard InChI is InChI=1S/C10H13BrF6O6S2/c1-2-5(8(18)19)3-6(11)4-7(24(20,21)9(12,13)14)25(22,23)10(15,16)17/h5-7H,2-4H2,1H3,(H,18,19). The van der Waals surface area contributed by atoms with Crippen molar-refractivity contribution in [2.75, 3.05) is 0 Å². The van der Waals surface area contributed by atoms with Crippen LogP contribution < -0.4 is 0 Å². The Morgan fingerprint density at radius 1 is 0.960 bits per heavy atom. The summed E-state index contributed by atoms with van der Waals surface area (Å²) < 4.78 is 117. The van der Waals surface area contributed by atoms with E-state index in [1.165, 1.54) is 6.92 Å². The molecule has 0 radical (unpaired) electrons. The number of alkyl halides is 7. The van der Waals surface area contributed by atoms with Gasteiger partial charge in [0.05, 0.1) is 5.92 Å². The van der Waals surface area contributed by atoms with Gasteiger partial charge >= 0.3 is 17.0 Å². The van der Waals surface area contributed by atoms with Crippen molar-refractivity contribution in [2.45, 2.75) is 46.6 Å². The number of carboxylic acids is 1. The zero-order valence-corrected chi connectivity index (χ0v) is 15.5. The number of aliphatic carboxylic acids is 1. The fraction of sp³-hybridized carbons (Fsp3) is 0.900. The summed E-state index contributed by atoms with van der Waals surface area (Å²) in [5, 5.41) is 8.82. The lowest BCUT2D eigenvalue weighted by molar-refractivity contribution is -0.142. The van der Waals surface area contributed by atoms with E-state index in [0.717, 1.165) is 0 Å². The Labute approximate surface area is 147 Å². The van der Waals surface area contributed by atoms with E-state index in [4.69, 9.17) is 5.11 Å². The van der Waals surface area contributed by atoms with Crippen LogP contribution in [0.4, 0.5) is 26.3 Å². The summed E-state index contributed by atoms with van der Waals surface area (Å²) in [5.74, 6) is -2.63. The quantitative estimate of drug-likeness (QED) is 0.417. The Morgan fingerprint density at radius 3 is 1.56 bits per heavy atom. The predicted octanol–water partition coefficient (Wildman–Crippen LogP) is 2.84. The SMILES string of the molecule is CCC(CC(Br)CC(S(=O)(=O)C(F)(F)F)S(=O)(=O)C(F)(F)F)C(=O)O. The van der Waals surface area contributed by atoms with E-state index in [0.29, 0.717) is 0 Å². The third kappa shape index (κ3) is 5.70. The van der Waals surface area contributed by atoms with E-state index in [1.54, 1.807) is 0 Å². The average Bonchev–Trinajstić information content (AvgIpc) is 2.38. The second kappa shape index (κ2) is 7.98. The maximum absolute atomic E-state index is 12.6. The number of hydrogen-bond acceptors (Lipinski definition) is 5. The molecule has 6 nitrogen and oxygen atoms in total. The van der Waals surface area contributed by atoms with E-state index in [9.17, 15) is 48.0 Å². The van der Waals surface area contributed by atoms with Crippen molar-refractivity contribution in [1.29, 1.82) is 0 Å². The molecule has 0 spiro atoms. The highest BCUT2D eigenvalue weighted by Gasteiger charge is 2.63. The molecule has 2 unspecified atom stereocenters. The van der Waals surface area contributed by atoms with Crippen molar-refractivity contribution in [3.05, 3.63) is 0 Å². The average molecular weight is 487 g/mol. The Kier molecular flexibility index (Phi) is 7.80. The maximum Gasteiger partial charge on any atom is 0.498 e. The molecule has 0 aromatic rings. The van der Waals surface area contributed by atoms with Gasteiger partial charge in [0, 0.05) is 4.83 Å². The third-order valence-electron chi connectivity index (χ3n) is 3.17. The summed E-state index contributed by atoms with van der Waals surface area (Å²) in [5.41, 5.74) is -12.5. The van der Waals surface area contributed by atoms with Crippen molar-refractivity contribution in [3.8, 4) is 0 Å². The van der Waals surface area contributed by atoms with Crippen LogP contribution in [0.25, 0.3) is 0 Å². The molecule has 0 aromatic carbocycles. The fourth-order valence-corrected chi connectivity index (χ4v) is 6.65. The minimum atomic E-state index is -6.72. The molecule has 0 aliphatic carbocycles. The van der Waals surface area contributed by atoms with Crippen LogP contribution in [0.1, 0.15) is 26.2 Å². The second-order valence-corrected chi connectivity index (χ2v) is 10.8. The van der Waals surface area contributed by atoms with Crippen LogP contribution in [-0.4, -0.2) is 48.3 Å². The summed E-state index contributed by atoms with van der Waals surface area (Å²) in [6, 6.07) is 0. The normalized spacial score (nSPS) is 16.7. The lowest BCUT2D eigenvalue weighted by Crippen LogP contribution is -2.46. The first-order valence-electron chi connectivity index (χ1n) is 6.36. The molecule has 0 rings (SSSR count). The molecular formula is C10H13BrF6O6S2. The zero-order valence-electron chi connectivity index (χ0n) is 12.3. The van der Waals surface area contributed by atoms with Gasteiger partial charge in [0.2, 0.25) is 0 Å². The zero-order chi connectivity index (χ0) is 20.4. The van der Waals surface area contributed by atoms with Crippen LogP contribution in [0.2, 0.25) is 0 Å². The van der Waals surface area contributed by atoms with Gasteiger partial charge in [-0.05, 0) is 19.3 Å². The van der Waals surface area contributed by atoms with Gasteiger partial charge in [-0.15, -0.1) is 0 Å². The number of rotatable bonds is 8. The summed E-state index contributed by atoms with van der Waals surface area (Å²) in [6.07, 6.45) is -2.24. The van der Waals surface area contributed by atoms with Crippen molar-refractivity contribution in [2.24, 2.45) is 5.92 Å². The summed E-state index contributed by atoms with van der Waals surface area (Å²) in [4.78, 5) is 9.31. The van der Waals surface area contributed by atoms with Crippen LogP contribution in [0.3, 0.4) is 0 Å². The number of carboxylic acid groups (broad SMARTS) is 1. The molecule has 0 aromatic heterocycles. The molecule has 1 N–H and O–H groups in total. The molecule has 2 atom stereocenters. The van der Waals surface area contributed by atoms with Gasteiger partial charge in [-0.25, -0.2) is 16.8 Å². The topological polar surface area (TPSA) is 106 Å². The molecule has 0 bridgehead atoms. The third-order valence-corrected chi connectivity index (χ3v) is 8.50.